The Labute approximate surface area is 114 Å². The van der Waals surface area contributed by atoms with Crippen LogP contribution in [0.2, 0.25) is 0 Å². The zero-order valence-electron chi connectivity index (χ0n) is 11.6. The summed E-state index contributed by atoms with van der Waals surface area (Å²) in [5.74, 6) is -0.788. The fourth-order valence-electron chi connectivity index (χ4n) is 2.75. The monoisotopic (exact) mass is 271 g/mol. The number of aliphatic hydroxyl groups excluding tert-OH is 1. The summed E-state index contributed by atoms with van der Waals surface area (Å²) in [4.78, 5) is 14.2. The minimum absolute atomic E-state index is 0.0498. The fourth-order valence-corrected chi connectivity index (χ4v) is 2.75. The third-order valence-electron chi connectivity index (χ3n) is 3.82. The number of carbonyl (C=O) groups excluding carboxylic acids is 1. The lowest BCUT2D eigenvalue weighted by Crippen LogP contribution is -2.48. The Balaban J connectivity index is 2.81. The van der Waals surface area contributed by atoms with Gasteiger partial charge in [0.1, 0.15) is 0 Å². The van der Waals surface area contributed by atoms with Crippen molar-refractivity contribution < 1.29 is 15.1 Å². The third kappa shape index (κ3) is 4.09. The minimum Gasteiger partial charge on any atom is -0.409 e. The van der Waals surface area contributed by atoms with Crippen LogP contribution in [0.15, 0.2) is 5.16 Å². The summed E-state index contributed by atoms with van der Waals surface area (Å²) in [5, 5.41) is 20.9. The van der Waals surface area contributed by atoms with E-state index in [1.165, 1.54) is 6.42 Å². The van der Waals surface area contributed by atoms with Gasteiger partial charge in [0.25, 0.3) is 0 Å². The van der Waals surface area contributed by atoms with Crippen molar-refractivity contribution in [2.45, 2.75) is 51.5 Å². The first-order chi connectivity index (χ1) is 9.15. The van der Waals surface area contributed by atoms with Gasteiger partial charge >= 0.3 is 0 Å². The average molecular weight is 271 g/mol. The molecule has 6 heteroatoms. The van der Waals surface area contributed by atoms with Crippen molar-refractivity contribution >= 4 is 11.7 Å². The highest BCUT2D eigenvalue weighted by molar-refractivity contribution is 6.02. The second kappa shape index (κ2) is 7.99. The number of amides is 1. The van der Waals surface area contributed by atoms with Crippen molar-refractivity contribution in [1.82, 2.24) is 4.90 Å². The summed E-state index contributed by atoms with van der Waals surface area (Å²) in [5.41, 5.74) is 5.58. The molecule has 0 aromatic heterocycles. The van der Waals surface area contributed by atoms with Gasteiger partial charge in [0.05, 0.1) is 12.5 Å². The summed E-state index contributed by atoms with van der Waals surface area (Å²) in [7, 11) is 0. The molecule has 0 aromatic rings. The van der Waals surface area contributed by atoms with Crippen LogP contribution in [0.4, 0.5) is 0 Å². The summed E-state index contributed by atoms with van der Waals surface area (Å²) in [6, 6.07) is 0.175. The molecule has 4 N–H and O–H groups in total. The number of carbonyl (C=O) groups is 1. The molecule has 0 aromatic carbocycles. The molecule has 0 heterocycles. The number of oxime groups is 1. The number of nitrogens with zero attached hydrogens (tertiary/aromatic N) is 2. The summed E-state index contributed by atoms with van der Waals surface area (Å²) >= 11 is 0. The van der Waals surface area contributed by atoms with E-state index in [4.69, 9.17) is 16.0 Å². The van der Waals surface area contributed by atoms with Crippen molar-refractivity contribution in [2.24, 2.45) is 16.8 Å². The first kappa shape index (κ1) is 15.8. The number of aliphatic hydroxyl groups is 1. The van der Waals surface area contributed by atoms with Gasteiger partial charge < -0.3 is 20.9 Å². The lowest BCUT2D eigenvalue weighted by molar-refractivity contribution is -0.137. The van der Waals surface area contributed by atoms with E-state index >= 15 is 0 Å². The Kier molecular flexibility index (Phi) is 6.62. The lowest BCUT2D eigenvalue weighted by Gasteiger charge is -2.35. The number of nitrogens with two attached hydrogens (primary N) is 1. The zero-order valence-corrected chi connectivity index (χ0v) is 11.6. The molecule has 0 spiro atoms. The summed E-state index contributed by atoms with van der Waals surface area (Å²) < 4.78 is 0. The molecule has 1 fully saturated rings. The smallest absolute Gasteiger partial charge is 0.233 e. The minimum atomic E-state index is -0.599. The van der Waals surface area contributed by atoms with Gasteiger partial charge in [0.2, 0.25) is 5.91 Å². The Bertz CT molecular complexity index is 314. The first-order valence-corrected chi connectivity index (χ1v) is 7.04. The Morgan fingerprint density at radius 2 is 2.05 bits per heavy atom. The van der Waals surface area contributed by atoms with E-state index in [2.05, 4.69) is 5.16 Å². The van der Waals surface area contributed by atoms with Crippen LogP contribution >= 0.6 is 0 Å². The average Bonchev–Trinajstić information content (AvgIpc) is 2.46. The number of hydrogen-bond donors (Lipinski definition) is 3. The van der Waals surface area contributed by atoms with Gasteiger partial charge in [-0.3, -0.25) is 4.79 Å². The maximum absolute atomic E-state index is 12.5. The molecule has 0 bridgehead atoms. The first-order valence-electron chi connectivity index (χ1n) is 7.04. The normalized spacial score (nSPS) is 19.2. The quantitative estimate of drug-likeness (QED) is 0.289. The molecule has 1 aliphatic rings. The number of hydrogen-bond acceptors (Lipinski definition) is 4. The summed E-state index contributed by atoms with van der Waals surface area (Å²) in [6.45, 7) is 2.09. The van der Waals surface area contributed by atoms with Crippen LogP contribution in [-0.4, -0.2) is 46.1 Å². The molecule has 1 atom stereocenters. The topological polar surface area (TPSA) is 99.2 Å². The SMILES string of the molecule is CCC(C(=O)N(CCO)C1CCCCC1)C(N)=NO. The van der Waals surface area contributed by atoms with E-state index in [0.717, 1.165) is 25.7 Å². The van der Waals surface area contributed by atoms with Crippen molar-refractivity contribution in [3.63, 3.8) is 0 Å². The Hall–Kier alpha value is -1.30. The van der Waals surface area contributed by atoms with Crippen LogP contribution in [0, 0.1) is 5.92 Å². The van der Waals surface area contributed by atoms with Crippen LogP contribution in [-0.2, 0) is 4.79 Å². The fraction of sp³-hybridized carbons (Fsp3) is 0.846. The highest BCUT2D eigenvalue weighted by Crippen LogP contribution is 2.24. The Morgan fingerprint density at radius 1 is 1.42 bits per heavy atom. The maximum atomic E-state index is 12.5. The van der Waals surface area contributed by atoms with E-state index in [-0.39, 0.29) is 24.4 Å². The Morgan fingerprint density at radius 3 is 2.53 bits per heavy atom. The molecule has 6 nitrogen and oxygen atoms in total. The molecule has 1 amide bonds. The van der Waals surface area contributed by atoms with Gasteiger partial charge in [-0.1, -0.05) is 31.3 Å². The largest absolute Gasteiger partial charge is 0.409 e. The van der Waals surface area contributed by atoms with Crippen molar-refractivity contribution in [1.29, 1.82) is 0 Å². The van der Waals surface area contributed by atoms with E-state index in [1.807, 2.05) is 6.92 Å². The van der Waals surface area contributed by atoms with Crippen LogP contribution in [0.1, 0.15) is 45.4 Å². The van der Waals surface area contributed by atoms with E-state index < -0.39 is 5.92 Å². The van der Waals surface area contributed by atoms with Gasteiger partial charge in [-0.2, -0.15) is 0 Å². The van der Waals surface area contributed by atoms with Crippen LogP contribution in [0.25, 0.3) is 0 Å². The van der Waals surface area contributed by atoms with Crippen LogP contribution in [0.3, 0.4) is 0 Å². The highest BCUT2D eigenvalue weighted by Gasteiger charge is 2.31. The zero-order chi connectivity index (χ0) is 14.3. The van der Waals surface area contributed by atoms with Gasteiger partial charge in [-0.25, -0.2) is 0 Å². The molecular formula is C13H25N3O3. The summed E-state index contributed by atoms with van der Waals surface area (Å²) in [6.07, 6.45) is 5.86. The standard InChI is InChI=1S/C13H25N3O3/c1-2-11(12(14)15-19)13(18)16(8-9-17)10-6-4-3-5-7-10/h10-11,17,19H,2-9H2,1H3,(H2,14,15). The molecular weight excluding hydrogens is 246 g/mol. The highest BCUT2D eigenvalue weighted by atomic mass is 16.4. The predicted octanol–water partition coefficient (Wildman–Crippen LogP) is 0.913. The lowest BCUT2D eigenvalue weighted by atomic mass is 9.92. The van der Waals surface area contributed by atoms with Crippen molar-refractivity contribution in [3.05, 3.63) is 0 Å². The third-order valence-corrected chi connectivity index (χ3v) is 3.82. The van der Waals surface area contributed by atoms with Crippen LogP contribution in [0.5, 0.6) is 0 Å². The van der Waals surface area contributed by atoms with E-state index in [1.54, 1.807) is 4.90 Å². The van der Waals surface area contributed by atoms with Gasteiger partial charge in [-0.05, 0) is 19.3 Å². The van der Waals surface area contributed by atoms with Crippen molar-refractivity contribution in [2.75, 3.05) is 13.2 Å². The number of rotatable bonds is 6. The number of amidine groups is 1. The van der Waals surface area contributed by atoms with Crippen LogP contribution < -0.4 is 5.73 Å². The predicted molar refractivity (Wildman–Crippen MR) is 72.9 cm³/mol. The molecule has 19 heavy (non-hydrogen) atoms. The second-order valence-electron chi connectivity index (χ2n) is 5.03. The molecule has 1 saturated carbocycles. The van der Waals surface area contributed by atoms with Gasteiger partial charge in [0.15, 0.2) is 5.84 Å². The molecule has 0 radical (unpaired) electrons. The molecule has 1 aliphatic carbocycles. The van der Waals surface area contributed by atoms with E-state index in [0.29, 0.717) is 13.0 Å². The molecule has 0 saturated heterocycles. The second-order valence-corrected chi connectivity index (χ2v) is 5.03. The molecule has 0 aliphatic heterocycles. The van der Waals surface area contributed by atoms with Gasteiger partial charge in [0, 0.05) is 12.6 Å². The van der Waals surface area contributed by atoms with Gasteiger partial charge in [-0.15, -0.1) is 0 Å². The molecule has 1 unspecified atom stereocenters. The van der Waals surface area contributed by atoms with Crippen molar-refractivity contribution in [3.8, 4) is 0 Å². The molecule has 110 valence electrons. The van der Waals surface area contributed by atoms with E-state index in [9.17, 15) is 4.79 Å². The molecule has 1 rings (SSSR count). The maximum Gasteiger partial charge on any atom is 0.233 e.